The van der Waals surface area contributed by atoms with Gasteiger partial charge in [0.05, 0.1) is 6.54 Å². The number of amides is 1. The second-order valence-corrected chi connectivity index (χ2v) is 5.65. The van der Waals surface area contributed by atoms with Gasteiger partial charge in [0.1, 0.15) is 6.54 Å². The first-order chi connectivity index (χ1) is 12.4. The Morgan fingerprint density at radius 1 is 1.04 bits per heavy atom. The lowest BCUT2D eigenvalue weighted by Crippen LogP contribution is -2.28. The van der Waals surface area contributed by atoms with E-state index in [1.807, 2.05) is 36.5 Å². The van der Waals surface area contributed by atoms with Crippen LogP contribution in [-0.2, 0) is 30.6 Å². The molecule has 0 aliphatic rings. The van der Waals surface area contributed by atoms with E-state index < -0.39 is 17.8 Å². The van der Waals surface area contributed by atoms with E-state index in [4.69, 9.17) is 0 Å². The molecular weight excluding hydrogens is 347 g/mol. The minimum atomic E-state index is -4.52. The minimum absolute atomic E-state index is 0.268. The first-order valence-corrected chi connectivity index (χ1v) is 7.83. The number of rotatable bonds is 6. The average molecular weight is 363 g/mol. The van der Waals surface area contributed by atoms with Gasteiger partial charge in [0.15, 0.2) is 5.69 Å². The molecule has 26 heavy (non-hydrogen) atoms. The van der Waals surface area contributed by atoms with Gasteiger partial charge in [-0.1, -0.05) is 24.3 Å². The smallest absolute Gasteiger partial charge is 0.350 e. The predicted octanol–water partition coefficient (Wildman–Crippen LogP) is 2.46. The number of hydrogen-bond acceptors (Lipinski definition) is 3. The molecule has 0 bridgehead atoms. The number of benzene rings is 1. The standard InChI is InChI=1S/C17H16F3N5O/c18-17(19,20)15-6-9-25(23-15)12-16(26)21-10-13-4-1-2-5-14(13)11-24-8-3-7-22-24/h1-9H,10-12H2,(H,21,26). The van der Waals surface area contributed by atoms with Crippen LogP contribution in [-0.4, -0.2) is 25.5 Å². The highest BCUT2D eigenvalue weighted by molar-refractivity contribution is 5.75. The van der Waals surface area contributed by atoms with E-state index in [1.165, 1.54) is 0 Å². The molecule has 0 fully saturated rings. The van der Waals surface area contributed by atoms with Crippen molar-refractivity contribution in [2.75, 3.05) is 0 Å². The Balaban J connectivity index is 1.59. The summed E-state index contributed by atoms with van der Waals surface area (Å²) >= 11 is 0. The van der Waals surface area contributed by atoms with Gasteiger partial charge in [-0.25, -0.2) is 0 Å². The summed E-state index contributed by atoms with van der Waals surface area (Å²) in [7, 11) is 0. The number of aromatic nitrogens is 4. The zero-order valence-electron chi connectivity index (χ0n) is 13.6. The van der Waals surface area contributed by atoms with Crippen molar-refractivity contribution in [2.24, 2.45) is 0 Å². The molecule has 1 amide bonds. The summed E-state index contributed by atoms with van der Waals surface area (Å²) in [6.45, 7) is 0.550. The van der Waals surface area contributed by atoms with E-state index in [1.54, 1.807) is 10.9 Å². The lowest BCUT2D eigenvalue weighted by Gasteiger charge is -2.11. The minimum Gasteiger partial charge on any atom is -0.350 e. The van der Waals surface area contributed by atoms with Crippen molar-refractivity contribution < 1.29 is 18.0 Å². The Labute approximate surface area is 147 Å². The maximum absolute atomic E-state index is 12.5. The molecular formula is C17H16F3N5O. The fraction of sp³-hybridized carbons (Fsp3) is 0.235. The number of halogens is 3. The fourth-order valence-corrected chi connectivity index (χ4v) is 2.45. The number of nitrogens with one attached hydrogen (secondary N) is 1. The molecule has 0 saturated heterocycles. The Morgan fingerprint density at radius 2 is 1.81 bits per heavy atom. The predicted molar refractivity (Wildman–Crippen MR) is 86.8 cm³/mol. The molecule has 9 heteroatoms. The van der Waals surface area contributed by atoms with E-state index in [-0.39, 0.29) is 13.1 Å². The zero-order valence-corrected chi connectivity index (χ0v) is 13.6. The number of nitrogens with zero attached hydrogens (tertiary/aromatic N) is 4. The maximum atomic E-state index is 12.5. The van der Waals surface area contributed by atoms with E-state index in [0.29, 0.717) is 6.54 Å². The van der Waals surface area contributed by atoms with Crippen molar-refractivity contribution in [1.82, 2.24) is 24.9 Å². The van der Waals surface area contributed by atoms with Crippen molar-refractivity contribution >= 4 is 5.91 Å². The molecule has 1 aromatic carbocycles. The molecule has 2 aromatic heterocycles. The van der Waals surface area contributed by atoms with E-state index in [2.05, 4.69) is 15.5 Å². The molecule has 0 aliphatic carbocycles. The third-order valence-electron chi connectivity index (χ3n) is 3.72. The monoisotopic (exact) mass is 363 g/mol. The van der Waals surface area contributed by atoms with Crippen LogP contribution in [0.15, 0.2) is 55.0 Å². The van der Waals surface area contributed by atoms with Crippen molar-refractivity contribution in [3.8, 4) is 0 Å². The Bertz CT molecular complexity index is 871. The van der Waals surface area contributed by atoms with Crippen LogP contribution in [0, 0.1) is 0 Å². The van der Waals surface area contributed by atoms with E-state index in [0.717, 1.165) is 28.1 Å². The summed E-state index contributed by atoms with van der Waals surface area (Å²) in [5.41, 5.74) is 0.887. The van der Waals surface area contributed by atoms with Crippen molar-refractivity contribution in [1.29, 1.82) is 0 Å². The van der Waals surface area contributed by atoms with Gasteiger partial charge in [0, 0.05) is 25.1 Å². The van der Waals surface area contributed by atoms with Crippen molar-refractivity contribution in [3.63, 3.8) is 0 Å². The van der Waals surface area contributed by atoms with Gasteiger partial charge in [-0.2, -0.15) is 23.4 Å². The molecule has 3 aromatic rings. The molecule has 1 N–H and O–H groups in total. The summed E-state index contributed by atoms with van der Waals surface area (Å²) in [4.78, 5) is 12.0. The quantitative estimate of drug-likeness (QED) is 0.732. The third-order valence-corrected chi connectivity index (χ3v) is 3.72. The lowest BCUT2D eigenvalue weighted by molar-refractivity contribution is -0.141. The first kappa shape index (κ1) is 17.7. The van der Waals surface area contributed by atoms with Gasteiger partial charge in [-0.05, 0) is 23.3 Å². The SMILES string of the molecule is O=C(Cn1ccc(C(F)(F)F)n1)NCc1ccccc1Cn1cccn1. The summed E-state index contributed by atoms with van der Waals surface area (Å²) in [6.07, 6.45) is 0.135. The third kappa shape index (κ3) is 4.50. The second kappa shape index (κ2) is 7.42. The number of alkyl halides is 3. The summed E-state index contributed by atoms with van der Waals surface area (Å²) < 4.78 is 40.3. The molecule has 3 rings (SSSR count). The van der Waals surface area contributed by atoms with Gasteiger partial charge < -0.3 is 5.32 Å². The fourth-order valence-electron chi connectivity index (χ4n) is 2.45. The molecule has 0 spiro atoms. The molecule has 0 unspecified atom stereocenters. The van der Waals surface area contributed by atoms with Crippen molar-refractivity contribution in [2.45, 2.75) is 25.8 Å². The van der Waals surface area contributed by atoms with Crippen LogP contribution in [0.2, 0.25) is 0 Å². The zero-order chi connectivity index (χ0) is 18.6. The van der Waals surface area contributed by atoms with Gasteiger partial charge in [-0.15, -0.1) is 0 Å². The van der Waals surface area contributed by atoms with Crippen LogP contribution in [0.1, 0.15) is 16.8 Å². The first-order valence-electron chi connectivity index (χ1n) is 7.83. The topological polar surface area (TPSA) is 64.7 Å². The molecule has 2 heterocycles. The summed E-state index contributed by atoms with van der Waals surface area (Å²) in [5.74, 6) is -0.421. The normalized spacial score (nSPS) is 11.5. The molecule has 6 nitrogen and oxygen atoms in total. The highest BCUT2D eigenvalue weighted by Crippen LogP contribution is 2.27. The molecule has 0 saturated carbocycles. The van der Waals surface area contributed by atoms with Gasteiger partial charge in [0.2, 0.25) is 5.91 Å². The molecule has 0 radical (unpaired) electrons. The molecule has 136 valence electrons. The Kier molecular flexibility index (Phi) is 5.06. The van der Waals surface area contributed by atoms with Crippen molar-refractivity contribution in [3.05, 3.63) is 71.8 Å². The number of hydrogen-bond donors (Lipinski definition) is 1. The number of carbonyl (C=O) groups is 1. The highest BCUT2D eigenvalue weighted by atomic mass is 19.4. The lowest BCUT2D eigenvalue weighted by atomic mass is 10.1. The van der Waals surface area contributed by atoms with Gasteiger partial charge >= 0.3 is 6.18 Å². The van der Waals surface area contributed by atoms with Gasteiger partial charge in [-0.3, -0.25) is 14.2 Å². The largest absolute Gasteiger partial charge is 0.435 e. The molecule has 0 atom stereocenters. The van der Waals surface area contributed by atoms with Crippen LogP contribution in [0.25, 0.3) is 0 Å². The van der Waals surface area contributed by atoms with Gasteiger partial charge in [0.25, 0.3) is 0 Å². The Hall–Kier alpha value is -3.10. The van der Waals surface area contributed by atoms with Crippen LogP contribution >= 0.6 is 0 Å². The average Bonchev–Trinajstić information content (AvgIpc) is 3.25. The molecule has 0 aliphatic heterocycles. The Morgan fingerprint density at radius 3 is 2.46 bits per heavy atom. The van der Waals surface area contributed by atoms with Crippen LogP contribution in [0.4, 0.5) is 13.2 Å². The van der Waals surface area contributed by atoms with Crippen LogP contribution in [0.3, 0.4) is 0 Å². The van der Waals surface area contributed by atoms with Crippen LogP contribution < -0.4 is 5.32 Å². The van der Waals surface area contributed by atoms with E-state index in [9.17, 15) is 18.0 Å². The second-order valence-electron chi connectivity index (χ2n) is 5.65. The maximum Gasteiger partial charge on any atom is 0.435 e. The summed E-state index contributed by atoms with van der Waals surface area (Å²) in [5, 5.41) is 10.2. The van der Waals surface area contributed by atoms with Crippen LogP contribution in [0.5, 0.6) is 0 Å². The van der Waals surface area contributed by atoms with E-state index >= 15 is 0 Å². The number of carbonyl (C=O) groups excluding carboxylic acids is 1. The summed E-state index contributed by atoms with van der Waals surface area (Å²) in [6, 6.07) is 10.2. The highest BCUT2D eigenvalue weighted by Gasteiger charge is 2.33.